The highest BCUT2D eigenvalue weighted by Crippen LogP contribution is 2.36. The lowest BCUT2D eigenvalue weighted by molar-refractivity contribution is -0.138. The minimum Gasteiger partial charge on any atom is -0.480 e. The molecule has 6 nitrogen and oxygen atoms in total. The highest BCUT2D eigenvalue weighted by molar-refractivity contribution is 5.94. The van der Waals surface area contributed by atoms with E-state index in [9.17, 15) is 9.59 Å². The normalized spacial score (nSPS) is 17.5. The first-order valence-electron chi connectivity index (χ1n) is 7.30. The number of allylic oxidation sites excluding steroid dienone is 2. The smallest absolute Gasteiger partial charge is 0.320 e. The molecule has 3 N–H and O–H groups in total. The number of carbonyl (C=O) groups is 2. The Kier molecular flexibility index (Phi) is 3.83. The molecule has 0 amide bonds. The molecular formula is C17H17N3O3. The van der Waals surface area contributed by atoms with E-state index in [1.165, 1.54) is 17.1 Å². The van der Waals surface area contributed by atoms with Gasteiger partial charge in [0.2, 0.25) is 5.91 Å². The molecule has 6 heteroatoms. The molecule has 0 saturated heterocycles. The maximum atomic E-state index is 12.9. The van der Waals surface area contributed by atoms with Crippen molar-refractivity contribution in [1.82, 2.24) is 9.55 Å². The average molecular weight is 311 g/mol. The van der Waals surface area contributed by atoms with Gasteiger partial charge in [-0.2, -0.15) is 0 Å². The summed E-state index contributed by atoms with van der Waals surface area (Å²) >= 11 is 0. The molecule has 0 aliphatic heterocycles. The van der Waals surface area contributed by atoms with Crippen molar-refractivity contribution in [3.05, 3.63) is 59.7 Å². The molecule has 0 radical (unpaired) electrons. The molecule has 2 atom stereocenters. The summed E-state index contributed by atoms with van der Waals surface area (Å²) in [5.74, 6) is -1.65. The van der Waals surface area contributed by atoms with Crippen molar-refractivity contribution < 1.29 is 14.7 Å². The van der Waals surface area contributed by atoms with Gasteiger partial charge in [0, 0.05) is 18.3 Å². The third-order valence-electron chi connectivity index (χ3n) is 4.10. The van der Waals surface area contributed by atoms with Crippen molar-refractivity contribution in [2.45, 2.75) is 25.3 Å². The Morgan fingerprint density at radius 3 is 2.87 bits per heavy atom. The standard InChI is InChI=1S/C17H17N3O3/c1-10-6-14(13-5-3-2-4-12(10)13)16(21)20-9-19-8-11(20)7-15(18)17(22)23/h2-6,8-9,14-15H,7,18H2,1H3,(H,22,23). The zero-order chi connectivity index (χ0) is 16.6. The van der Waals surface area contributed by atoms with Crippen molar-refractivity contribution in [1.29, 1.82) is 0 Å². The quantitative estimate of drug-likeness (QED) is 0.895. The van der Waals surface area contributed by atoms with E-state index in [1.54, 1.807) is 0 Å². The van der Waals surface area contributed by atoms with Crippen LogP contribution in [0, 0.1) is 0 Å². The van der Waals surface area contributed by atoms with Crippen LogP contribution < -0.4 is 5.73 Å². The molecule has 1 aromatic heterocycles. The molecule has 2 aromatic rings. The summed E-state index contributed by atoms with van der Waals surface area (Å²) in [4.78, 5) is 27.8. The van der Waals surface area contributed by atoms with E-state index in [4.69, 9.17) is 10.8 Å². The molecule has 1 heterocycles. The topological polar surface area (TPSA) is 98.2 Å². The second-order valence-electron chi connectivity index (χ2n) is 5.66. The van der Waals surface area contributed by atoms with E-state index in [2.05, 4.69) is 4.98 Å². The number of fused-ring (bicyclic) bond motifs is 1. The first-order chi connectivity index (χ1) is 11.0. The van der Waals surface area contributed by atoms with Crippen LogP contribution in [0.25, 0.3) is 5.57 Å². The van der Waals surface area contributed by atoms with E-state index in [1.807, 2.05) is 37.3 Å². The summed E-state index contributed by atoms with van der Waals surface area (Å²) < 4.78 is 1.40. The highest BCUT2D eigenvalue weighted by Gasteiger charge is 2.29. The van der Waals surface area contributed by atoms with Crippen LogP contribution in [-0.4, -0.2) is 32.6 Å². The first-order valence-corrected chi connectivity index (χ1v) is 7.30. The molecule has 0 bridgehead atoms. The van der Waals surface area contributed by atoms with Gasteiger partial charge in [0.15, 0.2) is 0 Å². The molecule has 0 fully saturated rings. The Bertz CT molecular complexity index is 807. The molecule has 23 heavy (non-hydrogen) atoms. The Labute approximate surface area is 133 Å². The van der Waals surface area contributed by atoms with Crippen LogP contribution in [0.4, 0.5) is 0 Å². The van der Waals surface area contributed by atoms with Crippen LogP contribution in [0.15, 0.2) is 42.9 Å². The van der Waals surface area contributed by atoms with Crippen LogP contribution in [0.1, 0.15) is 34.5 Å². The van der Waals surface area contributed by atoms with Gasteiger partial charge in [-0.05, 0) is 23.6 Å². The van der Waals surface area contributed by atoms with Crippen molar-refractivity contribution in [3.63, 3.8) is 0 Å². The van der Waals surface area contributed by atoms with E-state index in [-0.39, 0.29) is 18.2 Å². The second-order valence-corrected chi connectivity index (χ2v) is 5.66. The van der Waals surface area contributed by atoms with Crippen LogP contribution in [0.5, 0.6) is 0 Å². The number of imidazole rings is 1. The van der Waals surface area contributed by atoms with Gasteiger partial charge in [0.05, 0.1) is 5.92 Å². The molecule has 1 aliphatic rings. The number of rotatable bonds is 4. The average Bonchev–Trinajstić information content (AvgIpc) is 3.12. The molecule has 3 rings (SSSR count). The number of aromatic nitrogens is 2. The van der Waals surface area contributed by atoms with E-state index in [0.29, 0.717) is 5.69 Å². The Morgan fingerprint density at radius 2 is 2.13 bits per heavy atom. The first kappa shape index (κ1) is 15.2. The van der Waals surface area contributed by atoms with Gasteiger partial charge in [0.25, 0.3) is 0 Å². The van der Waals surface area contributed by atoms with E-state index in [0.717, 1.165) is 16.7 Å². The molecule has 0 spiro atoms. The minimum absolute atomic E-state index is 0.0537. The van der Waals surface area contributed by atoms with Crippen LogP contribution in [0.3, 0.4) is 0 Å². The fourth-order valence-corrected chi connectivity index (χ4v) is 2.90. The fourth-order valence-electron chi connectivity index (χ4n) is 2.90. The Morgan fingerprint density at radius 1 is 1.39 bits per heavy atom. The highest BCUT2D eigenvalue weighted by atomic mass is 16.4. The lowest BCUT2D eigenvalue weighted by atomic mass is 9.99. The number of carbonyl (C=O) groups excluding carboxylic acids is 1. The summed E-state index contributed by atoms with van der Waals surface area (Å²) in [7, 11) is 0. The van der Waals surface area contributed by atoms with Crippen molar-refractivity contribution in [3.8, 4) is 0 Å². The van der Waals surface area contributed by atoms with Gasteiger partial charge >= 0.3 is 5.97 Å². The SMILES string of the molecule is CC1=CC(C(=O)n2cncc2CC(N)C(=O)O)c2ccccc21. The zero-order valence-electron chi connectivity index (χ0n) is 12.6. The molecular weight excluding hydrogens is 294 g/mol. The van der Waals surface area contributed by atoms with Crippen molar-refractivity contribution >= 4 is 17.4 Å². The summed E-state index contributed by atoms with van der Waals surface area (Å²) in [5, 5.41) is 8.94. The number of nitrogens with zero attached hydrogens (tertiary/aromatic N) is 2. The number of hydrogen-bond acceptors (Lipinski definition) is 4. The van der Waals surface area contributed by atoms with Crippen LogP contribution >= 0.6 is 0 Å². The summed E-state index contributed by atoms with van der Waals surface area (Å²) in [6, 6.07) is 6.71. The Hall–Kier alpha value is -2.73. The van der Waals surface area contributed by atoms with Crippen molar-refractivity contribution in [2.75, 3.05) is 0 Å². The predicted molar refractivity (Wildman–Crippen MR) is 85.0 cm³/mol. The van der Waals surface area contributed by atoms with Crippen molar-refractivity contribution in [2.24, 2.45) is 5.73 Å². The summed E-state index contributed by atoms with van der Waals surface area (Å²) in [6.07, 6.45) is 4.88. The monoisotopic (exact) mass is 311 g/mol. The van der Waals surface area contributed by atoms with Gasteiger partial charge in [-0.25, -0.2) is 4.98 Å². The minimum atomic E-state index is -1.10. The zero-order valence-corrected chi connectivity index (χ0v) is 12.6. The number of nitrogens with two attached hydrogens (primary N) is 1. The molecule has 0 saturated carbocycles. The molecule has 2 unspecified atom stereocenters. The second kappa shape index (κ2) is 5.81. The van der Waals surface area contributed by atoms with Gasteiger partial charge in [0.1, 0.15) is 12.4 Å². The molecule has 1 aromatic carbocycles. The number of benzene rings is 1. The largest absolute Gasteiger partial charge is 0.480 e. The van der Waals surface area contributed by atoms with Gasteiger partial charge in [-0.15, -0.1) is 0 Å². The fraction of sp³-hybridized carbons (Fsp3) is 0.235. The van der Waals surface area contributed by atoms with E-state index >= 15 is 0 Å². The van der Waals surface area contributed by atoms with Gasteiger partial charge in [-0.1, -0.05) is 30.3 Å². The molecule has 1 aliphatic carbocycles. The number of aliphatic carboxylic acids is 1. The number of carboxylic acid groups (broad SMARTS) is 1. The lowest BCUT2D eigenvalue weighted by Crippen LogP contribution is -2.33. The van der Waals surface area contributed by atoms with Crippen LogP contribution in [0.2, 0.25) is 0 Å². The summed E-state index contributed by atoms with van der Waals surface area (Å²) in [6.45, 7) is 1.97. The maximum Gasteiger partial charge on any atom is 0.320 e. The van der Waals surface area contributed by atoms with E-state index < -0.39 is 12.0 Å². The third kappa shape index (κ3) is 2.68. The van der Waals surface area contributed by atoms with Gasteiger partial charge in [-0.3, -0.25) is 14.2 Å². The number of carboxylic acids is 1. The Balaban J connectivity index is 1.91. The number of hydrogen-bond donors (Lipinski definition) is 2. The van der Waals surface area contributed by atoms with Crippen LogP contribution in [-0.2, 0) is 11.2 Å². The predicted octanol–water partition coefficient (Wildman–Crippen LogP) is 1.68. The molecule has 118 valence electrons. The summed E-state index contributed by atoms with van der Waals surface area (Å²) in [5.41, 5.74) is 9.14. The van der Waals surface area contributed by atoms with Gasteiger partial charge < -0.3 is 10.8 Å². The lowest BCUT2D eigenvalue weighted by Gasteiger charge is -2.14. The maximum absolute atomic E-state index is 12.9. The third-order valence-corrected chi connectivity index (χ3v) is 4.10.